The van der Waals surface area contributed by atoms with Crippen LogP contribution in [0.25, 0.3) is 0 Å². The lowest BCUT2D eigenvalue weighted by molar-refractivity contribution is 0.537. The van der Waals surface area contributed by atoms with Crippen LogP contribution in [0, 0.1) is 23.2 Å². The predicted molar refractivity (Wildman–Crippen MR) is 71.2 cm³/mol. The number of nitrogens with zero attached hydrogens (tertiary/aromatic N) is 1. The number of nitriles is 1. The van der Waals surface area contributed by atoms with E-state index in [0.29, 0.717) is 10.6 Å². The first-order chi connectivity index (χ1) is 8.19. The molecule has 0 amide bonds. The van der Waals surface area contributed by atoms with Crippen LogP contribution in [0.5, 0.6) is 0 Å². The fraction of sp³-hybridized carbons (Fsp3) is 0.500. The Morgan fingerprint density at radius 1 is 1.47 bits per heavy atom. The maximum absolute atomic E-state index is 8.76. The molecule has 0 heterocycles. The van der Waals surface area contributed by atoms with Gasteiger partial charge >= 0.3 is 0 Å². The van der Waals surface area contributed by atoms with E-state index in [1.807, 2.05) is 6.07 Å². The molecule has 0 spiro atoms. The molecule has 0 saturated heterocycles. The lowest BCUT2D eigenvalue weighted by Gasteiger charge is -2.13. The Balaban J connectivity index is 1.93. The fourth-order valence-electron chi connectivity index (χ4n) is 2.49. The second kappa shape index (κ2) is 5.42. The van der Waals surface area contributed by atoms with Gasteiger partial charge in [0.2, 0.25) is 0 Å². The highest BCUT2D eigenvalue weighted by Crippen LogP contribution is 2.31. The molecule has 1 N–H and O–H groups in total. The van der Waals surface area contributed by atoms with E-state index in [0.717, 1.165) is 24.1 Å². The molecule has 3 heteroatoms. The monoisotopic (exact) mass is 248 g/mol. The smallest absolute Gasteiger partial charge is 0.0992 e. The lowest BCUT2D eigenvalue weighted by atomic mass is 10.1. The number of hydrogen-bond acceptors (Lipinski definition) is 2. The van der Waals surface area contributed by atoms with Gasteiger partial charge in [-0.25, -0.2) is 0 Å². The molecule has 2 rings (SSSR count). The average Bonchev–Trinajstić information content (AvgIpc) is 2.73. The Morgan fingerprint density at radius 2 is 2.29 bits per heavy atom. The molecule has 1 fully saturated rings. The molecule has 0 radical (unpaired) electrons. The van der Waals surface area contributed by atoms with E-state index in [-0.39, 0.29) is 0 Å². The summed E-state index contributed by atoms with van der Waals surface area (Å²) in [5.74, 6) is 1.62. The molecule has 0 bridgehead atoms. The quantitative estimate of drug-likeness (QED) is 0.876. The zero-order valence-corrected chi connectivity index (χ0v) is 10.8. The number of benzene rings is 1. The second-order valence-electron chi connectivity index (χ2n) is 4.97. The van der Waals surface area contributed by atoms with E-state index in [1.165, 1.54) is 19.3 Å². The number of halogens is 1. The molecule has 2 unspecified atom stereocenters. The molecular weight excluding hydrogens is 232 g/mol. The van der Waals surface area contributed by atoms with Crippen LogP contribution in [0.1, 0.15) is 31.7 Å². The number of nitrogens with one attached hydrogen (secondary N) is 1. The molecule has 1 aliphatic rings. The minimum Gasteiger partial charge on any atom is -0.384 e. The first-order valence-corrected chi connectivity index (χ1v) is 6.50. The van der Waals surface area contributed by atoms with Crippen LogP contribution in [0.4, 0.5) is 5.69 Å². The van der Waals surface area contributed by atoms with Crippen molar-refractivity contribution in [3.05, 3.63) is 28.8 Å². The first kappa shape index (κ1) is 12.3. The van der Waals surface area contributed by atoms with E-state index >= 15 is 0 Å². The average molecular weight is 249 g/mol. The minimum absolute atomic E-state index is 0.607. The third kappa shape index (κ3) is 3.14. The molecule has 1 aromatic rings. The van der Waals surface area contributed by atoms with Crippen LogP contribution in [0.2, 0.25) is 5.02 Å². The minimum atomic E-state index is 0.607. The summed E-state index contributed by atoms with van der Waals surface area (Å²) in [5.41, 5.74) is 1.54. The van der Waals surface area contributed by atoms with Crippen LogP contribution >= 0.6 is 11.6 Å². The van der Waals surface area contributed by atoms with Crippen molar-refractivity contribution >= 4 is 17.3 Å². The number of hydrogen-bond donors (Lipinski definition) is 1. The van der Waals surface area contributed by atoms with Gasteiger partial charge in [-0.3, -0.25) is 0 Å². The Bertz CT molecular complexity index is 436. The zero-order chi connectivity index (χ0) is 12.3. The Hall–Kier alpha value is -1.20. The van der Waals surface area contributed by atoms with Crippen molar-refractivity contribution in [1.29, 1.82) is 5.26 Å². The molecule has 90 valence electrons. The third-order valence-corrected chi connectivity index (χ3v) is 3.80. The summed E-state index contributed by atoms with van der Waals surface area (Å²) in [6.07, 6.45) is 3.95. The van der Waals surface area contributed by atoms with Gasteiger partial charge in [0.05, 0.1) is 22.3 Å². The van der Waals surface area contributed by atoms with Crippen molar-refractivity contribution in [1.82, 2.24) is 0 Å². The van der Waals surface area contributed by atoms with Crippen LogP contribution in [0.15, 0.2) is 18.2 Å². The standard InChI is InChI=1S/C14H17ClN2/c1-10-2-3-12(6-10)9-17-14-5-4-11(8-16)7-13(14)15/h4-5,7,10,12,17H,2-3,6,9H2,1H3. The van der Waals surface area contributed by atoms with Gasteiger partial charge < -0.3 is 5.32 Å². The van der Waals surface area contributed by atoms with Crippen molar-refractivity contribution in [3.8, 4) is 6.07 Å². The van der Waals surface area contributed by atoms with Crippen LogP contribution in [-0.2, 0) is 0 Å². The summed E-state index contributed by atoms with van der Waals surface area (Å²) in [6, 6.07) is 7.48. The van der Waals surface area contributed by atoms with Crippen molar-refractivity contribution in [2.75, 3.05) is 11.9 Å². The first-order valence-electron chi connectivity index (χ1n) is 6.12. The molecule has 0 aromatic heterocycles. The summed E-state index contributed by atoms with van der Waals surface area (Å²) in [4.78, 5) is 0. The normalized spacial score (nSPS) is 23.4. The molecule has 1 aromatic carbocycles. The van der Waals surface area contributed by atoms with Gasteiger partial charge in [0.15, 0.2) is 0 Å². The van der Waals surface area contributed by atoms with E-state index in [1.54, 1.807) is 12.1 Å². The van der Waals surface area contributed by atoms with Crippen LogP contribution in [-0.4, -0.2) is 6.54 Å². The molecule has 17 heavy (non-hydrogen) atoms. The Labute approximate surface area is 108 Å². The molecular formula is C14H17ClN2. The van der Waals surface area contributed by atoms with E-state index < -0.39 is 0 Å². The summed E-state index contributed by atoms with van der Waals surface area (Å²) >= 11 is 6.11. The Morgan fingerprint density at radius 3 is 2.88 bits per heavy atom. The summed E-state index contributed by atoms with van der Waals surface area (Å²) in [7, 11) is 0. The topological polar surface area (TPSA) is 35.8 Å². The van der Waals surface area contributed by atoms with Crippen molar-refractivity contribution in [3.63, 3.8) is 0 Å². The highest BCUT2D eigenvalue weighted by molar-refractivity contribution is 6.33. The van der Waals surface area contributed by atoms with Gasteiger partial charge in [0.25, 0.3) is 0 Å². The third-order valence-electron chi connectivity index (χ3n) is 3.48. The van der Waals surface area contributed by atoms with Crippen molar-refractivity contribution in [2.24, 2.45) is 11.8 Å². The lowest BCUT2D eigenvalue weighted by Crippen LogP contribution is -2.11. The highest BCUT2D eigenvalue weighted by atomic mass is 35.5. The van der Waals surface area contributed by atoms with Crippen LogP contribution < -0.4 is 5.32 Å². The SMILES string of the molecule is CC1CCC(CNc2ccc(C#N)cc2Cl)C1. The summed E-state index contributed by atoms with van der Waals surface area (Å²) in [6.45, 7) is 3.30. The van der Waals surface area contributed by atoms with Crippen LogP contribution in [0.3, 0.4) is 0 Å². The second-order valence-corrected chi connectivity index (χ2v) is 5.38. The van der Waals surface area contributed by atoms with E-state index in [9.17, 15) is 0 Å². The maximum Gasteiger partial charge on any atom is 0.0992 e. The van der Waals surface area contributed by atoms with Gasteiger partial charge in [-0.1, -0.05) is 24.9 Å². The highest BCUT2D eigenvalue weighted by Gasteiger charge is 2.20. The number of anilines is 1. The summed E-state index contributed by atoms with van der Waals surface area (Å²) < 4.78 is 0. The molecule has 2 atom stereocenters. The predicted octanol–water partition coefficient (Wildman–Crippen LogP) is 4.06. The van der Waals surface area contributed by atoms with Gasteiger partial charge in [-0.2, -0.15) is 5.26 Å². The largest absolute Gasteiger partial charge is 0.384 e. The Kier molecular flexibility index (Phi) is 3.91. The van der Waals surface area contributed by atoms with Crippen molar-refractivity contribution < 1.29 is 0 Å². The van der Waals surface area contributed by atoms with Gasteiger partial charge in [-0.05, 0) is 42.9 Å². The molecule has 1 saturated carbocycles. The zero-order valence-electron chi connectivity index (χ0n) is 10.0. The maximum atomic E-state index is 8.76. The van der Waals surface area contributed by atoms with Crippen molar-refractivity contribution in [2.45, 2.75) is 26.2 Å². The molecule has 2 nitrogen and oxygen atoms in total. The van der Waals surface area contributed by atoms with Gasteiger partial charge in [0, 0.05) is 6.54 Å². The van der Waals surface area contributed by atoms with E-state index in [4.69, 9.17) is 16.9 Å². The van der Waals surface area contributed by atoms with E-state index in [2.05, 4.69) is 18.3 Å². The fourth-order valence-corrected chi connectivity index (χ4v) is 2.74. The van der Waals surface area contributed by atoms with Gasteiger partial charge in [0.1, 0.15) is 0 Å². The van der Waals surface area contributed by atoms with Gasteiger partial charge in [-0.15, -0.1) is 0 Å². The molecule has 0 aliphatic heterocycles. The summed E-state index contributed by atoms with van der Waals surface area (Å²) in [5, 5.41) is 12.8. The molecule has 1 aliphatic carbocycles. The number of rotatable bonds is 3.